The van der Waals surface area contributed by atoms with E-state index in [1.54, 1.807) is 13.2 Å². The van der Waals surface area contributed by atoms with E-state index in [1.165, 1.54) is 11.8 Å². The van der Waals surface area contributed by atoms with Crippen LogP contribution in [0.4, 0.5) is 5.82 Å². The van der Waals surface area contributed by atoms with Crippen molar-refractivity contribution in [1.82, 2.24) is 4.98 Å². The predicted octanol–water partition coefficient (Wildman–Crippen LogP) is 3.99. The van der Waals surface area contributed by atoms with Gasteiger partial charge in [-0.25, -0.2) is 4.98 Å². The quantitative estimate of drug-likeness (QED) is 0.836. The van der Waals surface area contributed by atoms with Gasteiger partial charge in [0.15, 0.2) is 6.29 Å². The van der Waals surface area contributed by atoms with Gasteiger partial charge in [0.05, 0.1) is 23.9 Å². The minimum Gasteiger partial charge on any atom is -0.501 e. The number of carbonyl (C=O) groups excluding carboxylic acids is 1. The summed E-state index contributed by atoms with van der Waals surface area (Å²) in [7, 11) is 1.70. The van der Waals surface area contributed by atoms with Crippen LogP contribution in [-0.2, 0) is 4.74 Å². The number of ether oxygens (including phenoxy) is 1. The number of nitrogens with zero attached hydrogens (tertiary/aromatic N) is 1. The number of methoxy groups -OCH3 is 1. The van der Waals surface area contributed by atoms with E-state index < -0.39 is 0 Å². The third kappa shape index (κ3) is 3.45. The molecule has 0 aromatic carbocycles. The summed E-state index contributed by atoms with van der Waals surface area (Å²) < 4.78 is 5.42. The second kappa shape index (κ2) is 6.76. The summed E-state index contributed by atoms with van der Waals surface area (Å²) in [4.78, 5) is 14.9. The highest BCUT2D eigenvalue weighted by molar-refractivity contribution is 6.33. The van der Waals surface area contributed by atoms with Gasteiger partial charge in [-0.05, 0) is 37.5 Å². The molecule has 0 fully saturated rings. The largest absolute Gasteiger partial charge is 0.501 e. The molecule has 1 N–H and O–H groups in total. The molecular weight excluding hydrogens is 288 g/mol. The first-order valence-corrected chi connectivity index (χ1v) is 7.26. The standard InChI is InChI=1S/C16H19ClN2O2/c1-10-13(5-4-6-15(10)21-3)11(2)19-16-14(17)7-12(9-20)8-18-16/h5,7-9,11H,4,6H2,1-3H3,(H,18,19). The van der Waals surface area contributed by atoms with Crippen molar-refractivity contribution in [3.05, 3.63) is 45.8 Å². The molecule has 2 rings (SSSR count). The molecule has 0 bridgehead atoms. The number of hydrogen-bond donors (Lipinski definition) is 1. The minimum atomic E-state index is 0.0579. The first-order chi connectivity index (χ1) is 10.1. The molecule has 0 spiro atoms. The SMILES string of the molecule is COC1=C(C)C(C(C)Nc2ncc(C=O)cc2Cl)=CCC1. The minimum absolute atomic E-state index is 0.0579. The average Bonchev–Trinajstić information content (AvgIpc) is 2.49. The molecule has 1 aromatic heterocycles. The van der Waals surface area contributed by atoms with Crippen LogP contribution in [0.2, 0.25) is 5.02 Å². The van der Waals surface area contributed by atoms with Gasteiger partial charge < -0.3 is 10.1 Å². The van der Waals surface area contributed by atoms with Gasteiger partial charge in [0.2, 0.25) is 0 Å². The van der Waals surface area contributed by atoms with Gasteiger partial charge in [-0.2, -0.15) is 0 Å². The lowest BCUT2D eigenvalue weighted by Crippen LogP contribution is -2.22. The van der Waals surface area contributed by atoms with Crippen LogP contribution < -0.4 is 5.32 Å². The van der Waals surface area contributed by atoms with Crippen LogP contribution in [0.25, 0.3) is 0 Å². The summed E-state index contributed by atoms with van der Waals surface area (Å²) in [6.45, 7) is 4.12. The molecule has 0 radical (unpaired) electrons. The molecule has 4 nitrogen and oxygen atoms in total. The van der Waals surface area contributed by atoms with Crippen LogP contribution in [0.15, 0.2) is 35.2 Å². The Morgan fingerprint density at radius 3 is 2.90 bits per heavy atom. The van der Waals surface area contributed by atoms with Crippen molar-refractivity contribution in [2.45, 2.75) is 32.7 Å². The van der Waals surface area contributed by atoms with E-state index in [2.05, 4.69) is 30.2 Å². The maximum atomic E-state index is 10.7. The van der Waals surface area contributed by atoms with Crippen molar-refractivity contribution in [2.75, 3.05) is 12.4 Å². The van der Waals surface area contributed by atoms with Crippen molar-refractivity contribution in [3.8, 4) is 0 Å². The van der Waals surface area contributed by atoms with E-state index in [9.17, 15) is 4.79 Å². The van der Waals surface area contributed by atoms with Gasteiger partial charge in [-0.3, -0.25) is 4.79 Å². The van der Waals surface area contributed by atoms with Gasteiger partial charge in [-0.1, -0.05) is 17.7 Å². The van der Waals surface area contributed by atoms with E-state index in [0.29, 0.717) is 16.4 Å². The zero-order valence-electron chi connectivity index (χ0n) is 12.4. The van der Waals surface area contributed by atoms with Gasteiger partial charge in [0.25, 0.3) is 0 Å². The van der Waals surface area contributed by atoms with Crippen molar-refractivity contribution in [3.63, 3.8) is 0 Å². The van der Waals surface area contributed by atoms with E-state index in [0.717, 1.165) is 30.5 Å². The summed E-state index contributed by atoms with van der Waals surface area (Å²) in [5.41, 5.74) is 2.81. The number of anilines is 1. The van der Waals surface area contributed by atoms with Crippen molar-refractivity contribution in [2.24, 2.45) is 0 Å². The molecule has 1 aliphatic carbocycles. The Hall–Kier alpha value is -1.81. The number of carbonyl (C=O) groups is 1. The smallest absolute Gasteiger partial charge is 0.151 e. The normalized spacial score (nSPS) is 16.3. The molecule has 1 aliphatic rings. The van der Waals surface area contributed by atoms with E-state index in [4.69, 9.17) is 16.3 Å². The Labute approximate surface area is 129 Å². The molecule has 21 heavy (non-hydrogen) atoms. The van der Waals surface area contributed by atoms with Crippen LogP contribution in [-0.4, -0.2) is 24.4 Å². The Morgan fingerprint density at radius 1 is 1.52 bits per heavy atom. The molecular formula is C16H19ClN2O2. The predicted molar refractivity (Wildman–Crippen MR) is 84.7 cm³/mol. The lowest BCUT2D eigenvalue weighted by molar-refractivity contribution is 0.112. The topological polar surface area (TPSA) is 51.2 Å². The third-order valence-electron chi connectivity index (χ3n) is 3.65. The number of allylic oxidation sites excluding steroid dienone is 2. The summed E-state index contributed by atoms with van der Waals surface area (Å²) in [5.74, 6) is 1.60. The first kappa shape index (κ1) is 15.6. The van der Waals surface area contributed by atoms with Crippen LogP contribution in [0.1, 0.15) is 37.0 Å². The maximum Gasteiger partial charge on any atom is 0.151 e. The lowest BCUT2D eigenvalue weighted by Gasteiger charge is -2.24. The molecule has 0 saturated carbocycles. The Morgan fingerprint density at radius 2 is 2.29 bits per heavy atom. The lowest BCUT2D eigenvalue weighted by atomic mass is 9.92. The van der Waals surface area contributed by atoms with Crippen LogP contribution in [0.3, 0.4) is 0 Å². The summed E-state index contributed by atoms with van der Waals surface area (Å²) in [6.07, 6.45) is 6.35. The highest BCUT2D eigenvalue weighted by Gasteiger charge is 2.19. The monoisotopic (exact) mass is 306 g/mol. The average molecular weight is 307 g/mol. The van der Waals surface area contributed by atoms with Crippen molar-refractivity contribution in [1.29, 1.82) is 0 Å². The Bertz CT molecular complexity index is 608. The molecule has 0 aliphatic heterocycles. The molecule has 5 heteroatoms. The number of pyridine rings is 1. The van der Waals surface area contributed by atoms with Crippen molar-refractivity contribution >= 4 is 23.7 Å². The molecule has 1 aromatic rings. The fourth-order valence-corrected chi connectivity index (χ4v) is 2.75. The van der Waals surface area contributed by atoms with Crippen LogP contribution in [0.5, 0.6) is 0 Å². The van der Waals surface area contributed by atoms with Crippen LogP contribution in [0, 0.1) is 0 Å². The van der Waals surface area contributed by atoms with Gasteiger partial charge >= 0.3 is 0 Å². The van der Waals surface area contributed by atoms with E-state index >= 15 is 0 Å². The van der Waals surface area contributed by atoms with E-state index in [-0.39, 0.29) is 6.04 Å². The third-order valence-corrected chi connectivity index (χ3v) is 3.94. The molecule has 1 atom stereocenters. The summed E-state index contributed by atoms with van der Waals surface area (Å²) >= 11 is 6.14. The first-order valence-electron chi connectivity index (χ1n) is 6.88. The number of nitrogens with one attached hydrogen (secondary N) is 1. The molecule has 0 amide bonds. The van der Waals surface area contributed by atoms with E-state index in [1.807, 2.05) is 0 Å². The van der Waals surface area contributed by atoms with Crippen molar-refractivity contribution < 1.29 is 9.53 Å². The summed E-state index contributed by atoms with van der Waals surface area (Å²) in [6, 6.07) is 1.66. The number of aldehydes is 1. The summed E-state index contributed by atoms with van der Waals surface area (Å²) in [5, 5.41) is 3.73. The number of aromatic nitrogens is 1. The van der Waals surface area contributed by atoms with Gasteiger partial charge in [0.1, 0.15) is 5.82 Å². The van der Waals surface area contributed by atoms with Crippen LogP contribution >= 0.6 is 11.6 Å². The molecule has 1 unspecified atom stereocenters. The van der Waals surface area contributed by atoms with Gasteiger partial charge in [0, 0.05) is 18.2 Å². The highest BCUT2D eigenvalue weighted by atomic mass is 35.5. The Kier molecular flexibility index (Phi) is 5.02. The Balaban J connectivity index is 2.18. The number of hydrogen-bond acceptors (Lipinski definition) is 4. The fraction of sp³-hybridized carbons (Fsp3) is 0.375. The molecule has 112 valence electrons. The second-order valence-corrected chi connectivity index (χ2v) is 5.44. The zero-order chi connectivity index (χ0) is 15.4. The highest BCUT2D eigenvalue weighted by Crippen LogP contribution is 2.29. The van der Waals surface area contributed by atoms with Gasteiger partial charge in [-0.15, -0.1) is 0 Å². The molecule has 1 heterocycles. The zero-order valence-corrected chi connectivity index (χ0v) is 13.2. The molecule has 0 saturated heterocycles. The maximum absolute atomic E-state index is 10.7. The second-order valence-electron chi connectivity index (χ2n) is 5.03. The fourth-order valence-electron chi connectivity index (χ4n) is 2.52. The number of rotatable bonds is 5. The number of halogens is 1.